The number of carbonyl (C=O) groups excluding carboxylic acids is 6. The first-order valence-electron chi connectivity index (χ1n) is 17.2. The van der Waals surface area contributed by atoms with Gasteiger partial charge in [-0.05, 0) is 37.3 Å². The molecule has 0 spiro atoms. The van der Waals surface area contributed by atoms with E-state index in [1.54, 1.807) is 6.07 Å². The number of benzene rings is 1. The minimum atomic E-state index is -4.00. The number of sulfonamides is 1. The zero-order valence-electron chi connectivity index (χ0n) is 28.4. The summed E-state index contributed by atoms with van der Waals surface area (Å²) in [5, 5.41) is 4.34. The first-order chi connectivity index (χ1) is 24.8. The van der Waals surface area contributed by atoms with Gasteiger partial charge in [-0.1, -0.05) is 43.7 Å². The molecule has 2 saturated carbocycles. The normalized spacial score (nSPS) is 28.5. The number of halogens is 1. The molecule has 6 rings (SSSR count). The van der Waals surface area contributed by atoms with Gasteiger partial charge in [-0.2, -0.15) is 0 Å². The summed E-state index contributed by atoms with van der Waals surface area (Å²) in [4.78, 5) is 82.6. The van der Waals surface area contributed by atoms with E-state index in [0.29, 0.717) is 30.4 Å². The second-order valence-electron chi connectivity index (χ2n) is 13.5. The van der Waals surface area contributed by atoms with Crippen LogP contribution in [0.4, 0.5) is 14.0 Å². The van der Waals surface area contributed by atoms with Crippen LogP contribution < -0.4 is 15.4 Å². The first-order valence-corrected chi connectivity index (χ1v) is 18.7. The molecule has 0 radical (unpaired) electrons. The number of nitrogens with zero attached hydrogens (tertiary/aromatic N) is 2. The SMILES string of the molecule is CCCCOC(=O)N[C@H]1COC(=O)/C=C/C=C\[C@@H]2C[C@]2(C(=O)NS(=O)(=O)C2CC2)NC(=O)[C@@H]2C[C@@H](OC(=O)N3Cc4cccc(F)c4C3)CN2C1=O. The maximum atomic E-state index is 14.4. The molecule has 5 atom stereocenters. The Bertz CT molecular complexity index is 1820. The highest BCUT2D eigenvalue weighted by molar-refractivity contribution is 7.91. The van der Waals surface area contributed by atoms with E-state index in [4.69, 9.17) is 14.2 Å². The largest absolute Gasteiger partial charge is 0.460 e. The van der Waals surface area contributed by atoms with E-state index in [9.17, 15) is 41.6 Å². The van der Waals surface area contributed by atoms with Crippen molar-refractivity contribution in [1.82, 2.24) is 25.2 Å². The van der Waals surface area contributed by atoms with Gasteiger partial charge in [-0.3, -0.25) is 24.0 Å². The van der Waals surface area contributed by atoms with Gasteiger partial charge in [0.05, 0.1) is 24.9 Å². The predicted octanol–water partition coefficient (Wildman–Crippen LogP) is 1.29. The van der Waals surface area contributed by atoms with Gasteiger partial charge in [0.1, 0.15) is 36.2 Å². The minimum absolute atomic E-state index is 0.0124. The number of fused-ring (bicyclic) bond motifs is 3. The lowest BCUT2D eigenvalue weighted by molar-refractivity contribution is -0.145. The average molecular weight is 746 g/mol. The van der Waals surface area contributed by atoms with E-state index in [0.717, 1.165) is 17.4 Å². The fraction of sp³-hybridized carbons (Fsp3) is 0.529. The molecule has 280 valence electrons. The molecule has 18 heteroatoms. The molecule has 52 heavy (non-hydrogen) atoms. The van der Waals surface area contributed by atoms with Crippen LogP contribution in [0.5, 0.6) is 0 Å². The summed E-state index contributed by atoms with van der Waals surface area (Å²) in [5.41, 5.74) is -0.757. The third kappa shape index (κ3) is 8.05. The fourth-order valence-electron chi connectivity index (χ4n) is 6.48. The lowest BCUT2D eigenvalue weighted by Gasteiger charge is -2.29. The molecule has 5 aliphatic rings. The summed E-state index contributed by atoms with van der Waals surface area (Å²) in [6.45, 7) is 0.981. The Morgan fingerprint density at radius 1 is 1.13 bits per heavy atom. The maximum Gasteiger partial charge on any atom is 0.410 e. The molecular weight excluding hydrogens is 705 g/mol. The molecule has 0 bridgehead atoms. The van der Waals surface area contributed by atoms with Crippen LogP contribution in [0.25, 0.3) is 0 Å². The molecule has 2 aliphatic carbocycles. The highest BCUT2D eigenvalue weighted by atomic mass is 32.2. The summed E-state index contributed by atoms with van der Waals surface area (Å²) < 4.78 is 58.0. The van der Waals surface area contributed by atoms with Crippen LogP contribution in [0.1, 0.15) is 56.6 Å². The van der Waals surface area contributed by atoms with Crippen LogP contribution in [-0.4, -0.2) is 103 Å². The Kier molecular flexibility index (Phi) is 10.6. The number of rotatable bonds is 8. The molecule has 1 aromatic rings. The monoisotopic (exact) mass is 745 g/mol. The second-order valence-corrected chi connectivity index (χ2v) is 15.4. The van der Waals surface area contributed by atoms with Crippen molar-refractivity contribution in [2.24, 2.45) is 5.92 Å². The zero-order chi connectivity index (χ0) is 37.2. The number of nitrogens with one attached hydrogen (secondary N) is 3. The number of carbonyl (C=O) groups is 6. The van der Waals surface area contributed by atoms with E-state index >= 15 is 0 Å². The van der Waals surface area contributed by atoms with Crippen molar-refractivity contribution in [3.05, 3.63) is 59.4 Å². The molecule has 1 saturated heterocycles. The number of hydrogen-bond acceptors (Lipinski definition) is 11. The van der Waals surface area contributed by atoms with E-state index in [-0.39, 0.29) is 39.1 Å². The van der Waals surface area contributed by atoms with Crippen LogP contribution in [0.2, 0.25) is 0 Å². The van der Waals surface area contributed by atoms with Gasteiger partial charge >= 0.3 is 18.2 Å². The number of unbranched alkanes of at least 4 members (excludes halogenated alkanes) is 1. The van der Waals surface area contributed by atoms with Gasteiger partial charge in [0.15, 0.2) is 0 Å². The van der Waals surface area contributed by atoms with Gasteiger partial charge < -0.3 is 29.7 Å². The minimum Gasteiger partial charge on any atom is -0.460 e. The van der Waals surface area contributed by atoms with Crippen LogP contribution in [0, 0.1) is 11.7 Å². The van der Waals surface area contributed by atoms with Crippen molar-refractivity contribution in [3.63, 3.8) is 0 Å². The van der Waals surface area contributed by atoms with Gasteiger partial charge in [-0.25, -0.2) is 27.2 Å². The molecule has 1 aromatic carbocycles. The maximum absolute atomic E-state index is 14.4. The molecular formula is C34H40FN5O11S. The van der Waals surface area contributed by atoms with Gasteiger partial charge in [0, 0.05) is 30.5 Å². The van der Waals surface area contributed by atoms with Crippen molar-refractivity contribution in [2.45, 2.75) is 87.5 Å². The van der Waals surface area contributed by atoms with Gasteiger partial charge in [0.25, 0.3) is 5.91 Å². The molecule has 0 unspecified atom stereocenters. The van der Waals surface area contributed by atoms with E-state index in [1.807, 2.05) is 6.92 Å². The van der Waals surface area contributed by atoms with Crippen LogP contribution in [-0.2, 0) is 56.5 Å². The van der Waals surface area contributed by atoms with Crippen molar-refractivity contribution >= 4 is 45.9 Å². The molecule has 16 nitrogen and oxygen atoms in total. The van der Waals surface area contributed by atoms with Crippen molar-refractivity contribution < 1.29 is 55.8 Å². The standard InChI is InChI=1S/C34H40FN5O11S/c1-2-3-13-49-32(45)36-26-19-50-28(41)10-5-4-8-21-15-34(21,31(44)38-52(47,48)23-11-12-23)37-29(42)27-14-22(17-40(27)30(26)43)51-33(46)39-16-20-7-6-9-25(35)24(20)18-39/h4-10,21-23,26-27H,2-3,11-19H2,1H3,(H,36,45)(H,37,42)(H,38,44)/b8-4-,10-5+/t21-,22-,26+,27+,34+/m1/s1. The first kappa shape index (κ1) is 36.8. The smallest absolute Gasteiger partial charge is 0.410 e. The number of allylic oxidation sites excluding steroid dienone is 2. The van der Waals surface area contributed by atoms with Crippen molar-refractivity contribution in [2.75, 3.05) is 19.8 Å². The summed E-state index contributed by atoms with van der Waals surface area (Å²) in [7, 11) is -4.00. The molecule has 3 N–H and O–H groups in total. The molecule has 3 heterocycles. The Hall–Kier alpha value is -5.00. The van der Waals surface area contributed by atoms with E-state index in [2.05, 4.69) is 15.4 Å². The number of esters is 1. The Morgan fingerprint density at radius 3 is 2.65 bits per heavy atom. The Labute approximate surface area is 299 Å². The van der Waals surface area contributed by atoms with Gasteiger partial charge in [0.2, 0.25) is 21.8 Å². The summed E-state index contributed by atoms with van der Waals surface area (Å²) in [6.07, 6.45) is 4.30. The predicted molar refractivity (Wildman–Crippen MR) is 178 cm³/mol. The van der Waals surface area contributed by atoms with Crippen LogP contribution in [0.15, 0.2) is 42.5 Å². The quantitative estimate of drug-likeness (QED) is 0.196. The molecule has 3 fully saturated rings. The third-order valence-corrected chi connectivity index (χ3v) is 11.5. The molecule has 3 aliphatic heterocycles. The fourth-order valence-corrected chi connectivity index (χ4v) is 7.85. The third-order valence-electron chi connectivity index (χ3n) is 9.66. The number of alkyl carbamates (subject to hydrolysis) is 1. The second kappa shape index (κ2) is 14.9. The Morgan fingerprint density at radius 2 is 1.92 bits per heavy atom. The molecule has 5 amide bonds. The highest BCUT2D eigenvalue weighted by Gasteiger charge is 2.62. The van der Waals surface area contributed by atoms with Crippen molar-refractivity contribution in [1.29, 1.82) is 0 Å². The zero-order valence-corrected chi connectivity index (χ0v) is 29.2. The van der Waals surface area contributed by atoms with E-state index in [1.165, 1.54) is 35.3 Å². The Balaban J connectivity index is 1.26. The van der Waals surface area contributed by atoms with E-state index < -0.39 is 93.2 Å². The van der Waals surface area contributed by atoms with Crippen LogP contribution >= 0.6 is 0 Å². The topological polar surface area (TPSA) is 207 Å². The lowest BCUT2D eigenvalue weighted by atomic mass is 10.1. The molecule has 0 aromatic heterocycles. The highest BCUT2D eigenvalue weighted by Crippen LogP contribution is 2.46. The number of ether oxygens (including phenoxy) is 3. The number of hydrogen-bond donors (Lipinski definition) is 3. The lowest BCUT2D eigenvalue weighted by Crippen LogP contribution is -2.59. The van der Waals surface area contributed by atoms with Crippen molar-refractivity contribution in [3.8, 4) is 0 Å². The number of cyclic esters (lactones) is 1. The summed E-state index contributed by atoms with van der Waals surface area (Å²) in [6, 6.07) is 1.58. The average Bonchev–Trinajstić information content (AvgIpc) is 3.98. The summed E-state index contributed by atoms with van der Waals surface area (Å²) >= 11 is 0. The summed E-state index contributed by atoms with van der Waals surface area (Å²) in [5.74, 6) is -4.70. The number of amides is 5. The van der Waals surface area contributed by atoms with Crippen LogP contribution in [0.3, 0.4) is 0 Å². The van der Waals surface area contributed by atoms with Gasteiger partial charge in [-0.15, -0.1) is 0 Å².